The van der Waals surface area contributed by atoms with E-state index in [0.29, 0.717) is 20.8 Å². The molecule has 6 nitrogen and oxygen atoms in total. The van der Waals surface area contributed by atoms with Crippen LogP contribution >= 0.6 is 22.7 Å². The Hall–Kier alpha value is -3.28. The van der Waals surface area contributed by atoms with E-state index in [2.05, 4.69) is 16.4 Å². The van der Waals surface area contributed by atoms with Gasteiger partial charge in [0.05, 0.1) is 17.3 Å². The Bertz CT molecular complexity index is 1360. The number of aryl methyl sites for hydroxylation is 3. The Morgan fingerprint density at radius 1 is 1.29 bits per heavy atom. The van der Waals surface area contributed by atoms with Crippen LogP contribution in [0.3, 0.4) is 0 Å². The van der Waals surface area contributed by atoms with Crippen LogP contribution in [-0.2, 0) is 17.8 Å². The number of thiophene rings is 2. The van der Waals surface area contributed by atoms with E-state index in [1.54, 1.807) is 6.07 Å². The zero-order valence-electron chi connectivity index (χ0n) is 17.1. The topological polar surface area (TPSA) is 87.8 Å². The minimum absolute atomic E-state index is 0.112. The highest BCUT2D eigenvalue weighted by Gasteiger charge is 2.15. The molecule has 0 spiro atoms. The molecule has 0 unspecified atom stereocenters. The van der Waals surface area contributed by atoms with Gasteiger partial charge in [0.15, 0.2) is 0 Å². The van der Waals surface area contributed by atoms with Gasteiger partial charge in [-0.15, -0.1) is 22.7 Å². The van der Waals surface area contributed by atoms with Crippen LogP contribution in [-0.4, -0.2) is 15.5 Å². The van der Waals surface area contributed by atoms with E-state index in [-0.39, 0.29) is 24.4 Å². The van der Waals surface area contributed by atoms with Crippen molar-refractivity contribution in [3.63, 3.8) is 0 Å². The van der Waals surface area contributed by atoms with Crippen molar-refractivity contribution in [2.24, 2.45) is 0 Å². The molecule has 0 aliphatic rings. The fraction of sp³-hybridized carbons (Fsp3) is 0.217. The molecule has 0 saturated carbocycles. The number of nitrogens with one attached hydrogen (secondary N) is 1. The Kier molecular flexibility index (Phi) is 5.98. The largest absolute Gasteiger partial charge is 0.317 e. The lowest BCUT2D eigenvalue weighted by molar-refractivity contribution is -0.116. The molecule has 4 aromatic rings. The Balaban J connectivity index is 1.55. The number of hydrogen-bond acceptors (Lipinski definition) is 6. The average Bonchev–Trinajstić information content (AvgIpc) is 3.38. The maximum absolute atomic E-state index is 13.1. The summed E-state index contributed by atoms with van der Waals surface area (Å²) in [5.41, 5.74) is 3.30. The number of fused-ring (bicyclic) bond motifs is 1. The molecule has 4 rings (SSSR count). The van der Waals surface area contributed by atoms with Crippen LogP contribution in [0.5, 0.6) is 0 Å². The van der Waals surface area contributed by atoms with Crippen molar-refractivity contribution in [1.29, 1.82) is 5.26 Å². The van der Waals surface area contributed by atoms with Crippen molar-refractivity contribution in [3.8, 4) is 17.2 Å². The van der Waals surface area contributed by atoms with Crippen molar-refractivity contribution < 1.29 is 4.79 Å². The standard InChI is InChI=1S/C23H20N4O2S2/c1-3-17-10-16(11-24)21(31-17)26-19(28)8-9-27-13-25-22-20(23(27)29)18(12-30-22)15-6-4-14(2)5-7-15/h4-7,10,12-13H,3,8-9H2,1-2H3,(H,26,28). The number of rotatable bonds is 6. The van der Waals surface area contributed by atoms with E-state index in [1.165, 1.54) is 33.6 Å². The highest BCUT2D eigenvalue weighted by Crippen LogP contribution is 2.31. The van der Waals surface area contributed by atoms with Gasteiger partial charge in [0.25, 0.3) is 5.56 Å². The average molecular weight is 449 g/mol. The molecule has 0 fully saturated rings. The smallest absolute Gasteiger partial charge is 0.262 e. The van der Waals surface area contributed by atoms with Gasteiger partial charge in [-0.3, -0.25) is 14.2 Å². The summed E-state index contributed by atoms with van der Waals surface area (Å²) < 4.78 is 1.48. The van der Waals surface area contributed by atoms with Gasteiger partial charge < -0.3 is 5.32 Å². The molecule has 0 radical (unpaired) electrons. The summed E-state index contributed by atoms with van der Waals surface area (Å²) in [6.07, 6.45) is 2.41. The van der Waals surface area contributed by atoms with Crippen LogP contribution < -0.4 is 10.9 Å². The van der Waals surface area contributed by atoms with E-state index in [1.807, 2.05) is 43.5 Å². The molecule has 0 atom stereocenters. The number of hydrogen-bond donors (Lipinski definition) is 1. The van der Waals surface area contributed by atoms with Gasteiger partial charge in [-0.05, 0) is 25.0 Å². The predicted molar refractivity (Wildman–Crippen MR) is 126 cm³/mol. The Morgan fingerprint density at radius 3 is 2.77 bits per heavy atom. The zero-order valence-corrected chi connectivity index (χ0v) is 18.8. The third kappa shape index (κ3) is 4.29. The summed E-state index contributed by atoms with van der Waals surface area (Å²) in [5.74, 6) is -0.239. The third-order valence-electron chi connectivity index (χ3n) is 5.01. The quantitative estimate of drug-likeness (QED) is 0.452. The van der Waals surface area contributed by atoms with E-state index in [4.69, 9.17) is 0 Å². The molecule has 3 aromatic heterocycles. The maximum atomic E-state index is 13.1. The number of amides is 1. The van der Waals surface area contributed by atoms with Crippen molar-refractivity contribution >= 4 is 43.8 Å². The number of carbonyl (C=O) groups excluding carboxylic acids is 1. The second-order valence-electron chi connectivity index (χ2n) is 7.16. The molecular formula is C23H20N4O2S2. The molecule has 3 heterocycles. The van der Waals surface area contributed by atoms with Gasteiger partial charge in [0.1, 0.15) is 15.9 Å². The summed E-state index contributed by atoms with van der Waals surface area (Å²) >= 11 is 2.84. The number of anilines is 1. The van der Waals surface area contributed by atoms with Crippen molar-refractivity contribution in [1.82, 2.24) is 9.55 Å². The Morgan fingerprint density at radius 2 is 2.06 bits per heavy atom. The van der Waals surface area contributed by atoms with Crippen molar-refractivity contribution in [2.45, 2.75) is 33.2 Å². The zero-order chi connectivity index (χ0) is 22.0. The fourth-order valence-electron chi connectivity index (χ4n) is 3.28. The summed E-state index contributed by atoms with van der Waals surface area (Å²) in [7, 11) is 0. The minimum atomic E-state index is -0.239. The monoisotopic (exact) mass is 448 g/mol. The minimum Gasteiger partial charge on any atom is -0.317 e. The number of nitriles is 1. The lowest BCUT2D eigenvalue weighted by atomic mass is 10.1. The van der Waals surface area contributed by atoms with Gasteiger partial charge in [-0.1, -0.05) is 36.8 Å². The first-order valence-electron chi connectivity index (χ1n) is 9.86. The predicted octanol–water partition coefficient (Wildman–Crippen LogP) is 4.96. The van der Waals surface area contributed by atoms with Crippen LogP contribution in [0.2, 0.25) is 0 Å². The molecule has 1 aromatic carbocycles. The first kappa shape index (κ1) is 21.0. The molecule has 1 amide bonds. The summed E-state index contributed by atoms with van der Waals surface area (Å²) in [4.78, 5) is 31.7. The molecule has 31 heavy (non-hydrogen) atoms. The highest BCUT2D eigenvalue weighted by atomic mass is 32.1. The molecule has 0 bridgehead atoms. The Labute approximate surface area is 187 Å². The molecule has 1 N–H and O–H groups in total. The first-order valence-corrected chi connectivity index (χ1v) is 11.6. The normalized spacial score (nSPS) is 10.9. The number of aromatic nitrogens is 2. The van der Waals surface area contributed by atoms with Crippen LogP contribution in [0, 0.1) is 18.3 Å². The van der Waals surface area contributed by atoms with E-state index in [9.17, 15) is 14.9 Å². The lowest BCUT2D eigenvalue weighted by Crippen LogP contribution is -2.23. The number of carbonyl (C=O) groups is 1. The molecule has 0 aliphatic heterocycles. The van der Waals surface area contributed by atoms with Gasteiger partial charge >= 0.3 is 0 Å². The van der Waals surface area contributed by atoms with Gasteiger partial charge in [0, 0.05) is 28.8 Å². The van der Waals surface area contributed by atoms with Gasteiger partial charge in [0.2, 0.25) is 5.91 Å². The van der Waals surface area contributed by atoms with Gasteiger partial charge in [-0.25, -0.2) is 4.98 Å². The first-order chi connectivity index (χ1) is 15.0. The molecular weight excluding hydrogens is 428 g/mol. The lowest BCUT2D eigenvalue weighted by Gasteiger charge is -2.07. The summed E-state index contributed by atoms with van der Waals surface area (Å²) in [6.45, 7) is 4.24. The van der Waals surface area contributed by atoms with E-state index < -0.39 is 0 Å². The van der Waals surface area contributed by atoms with Crippen LogP contribution in [0.4, 0.5) is 5.00 Å². The van der Waals surface area contributed by atoms with Gasteiger partial charge in [-0.2, -0.15) is 5.26 Å². The third-order valence-corrected chi connectivity index (χ3v) is 7.09. The molecule has 156 valence electrons. The second kappa shape index (κ2) is 8.84. The molecule has 0 aliphatic carbocycles. The maximum Gasteiger partial charge on any atom is 0.262 e. The van der Waals surface area contributed by atoms with Crippen LogP contribution in [0.25, 0.3) is 21.3 Å². The number of benzene rings is 1. The molecule has 8 heteroatoms. The van der Waals surface area contributed by atoms with Crippen LogP contribution in [0.1, 0.15) is 29.3 Å². The fourth-order valence-corrected chi connectivity index (χ4v) is 5.14. The van der Waals surface area contributed by atoms with Crippen molar-refractivity contribution in [3.05, 3.63) is 68.4 Å². The summed E-state index contributed by atoms with van der Waals surface area (Å²) in [5, 5.41) is 15.1. The van der Waals surface area contributed by atoms with Crippen molar-refractivity contribution in [2.75, 3.05) is 5.32 Å². The van der Waals surface area contributed by atoms with E-state index in [0.717, 1.165) is 28.0 Å². The highest BCUT2D eigenvalue weighted by molar-refractivity contribution is 7.17. The van der Waals surface area contributed by atoms with Crippen LogP contribution in [0.15, 0.2) is 46.8 Å². The second-order valence-corrected chi connectivity index (χ2v) is 9.15. The number of nitrogens with zero attached hydrogens (tertiary/aromatic N) is 3. The molecule has 0 saturated heterocycles. The van der Waals surface area contributed by atoms with E-state index >= 15 is 0 Å². The summed E-state index contributed by atoms with van der Waals surface area (Å²) in [6, 6.07) is 11.9. The SMILES string of the molecule is CCc1cc(C#N)c(NC(=O)CCn2cnc3scc(-c4ccc(C)cc4)c3c2=O)s1.